The van der Waals surface area contributed by atoms with E-state index in [4.69, 9.17) is 11.6 Å². The van der Waals surface area contributed by atoms with E-state index in [1.807, 2.05) is 25.8 Å². The van der Waals surface area contributed by atoms with Gasteiger partial charge in [0.25, 0.3) is 5.91 Å². The van der Waals surface area contributed by atoms with E-state index in [-0.39, 0.29) is 11.8 Å². The van der Waals surface area contributed by atoms with E-state index in [2.05, 4.69) is 10.4 Å². The van der Waals surface area contributed by atoms with Crippen molar-refractivity contribution >= 4 is 17.5 Å². The molecule has 5 nitrogen and oxygen atoms in total. The Morgan fingerprint density at radius 2 is 2.25 bits per heavy atom. The van der Waals surface area contributed by atoms with Gasteiger partial charge in [-0.2, -0.15) is 5.10 Å². The molecule has 112 valence electrons. The molecule has 1 amide bonds. The van der Waals surface area contributed by atoms with Crippen LogP contribution in [0.15, 0.2) is 0 Å². The predicted molar refractivity (Wildman–Crippen MR) is 80.2 cm³/mol. The fourth-order valence-corrected chi connectivity index (χ4v) is 2.97. The van der Waals surface area contributed by atoms with Crippen LogP contribution in [0.25, 0.3) is 0 Å². The maximum atomic E-state index is 12.7. The Bertz CT molecular complexity index is 498. The number of aromatic nitrogens is 2. The highest BCUT2D eigenvalue weighted by atomic mass is 35.5. The fourth-order valence-electron chi connectivity index (χ4n) is 2.76. The monoisotopic (exact) mass is 298 g/mol. The summed E-state index contributed by atoms with van der Waals surface area (Å²) < 4.78 is 1.59. The second kappa shape index (κ2) is 6.14. The molecule has 6 heteroatoms. The number of hydrogen-bond acceptors (Lipinski definition) is 3. The van der Waals surface area contributed by atoms with Crippen molar-refractivity contribution in [2.24, 2.45) is 13.0 Å². The number of carbonyl (C=O) groups is 1. The van der Waals surface area contributed by atoms with Gasteiger partial charge in [0.15, 0.2) is 0 Å². The summed E-state index contributed by atoms with van der Waals surface area (Å²) in [5, 5.41) is 8.00. The third-order valence-corrected chi connectivity index (χ3v) is 4.26. The maximum Gasteiger partial charge on any atom is 0.258 e. The van der Waals surface area contributed by atoms with E-state index in [1.165, 1.54) is 0 Å². The first kappa shape index (κ1) is 15.3. The standard InChI is InChI=1S/C14H23ClN4O/c1-9(2)12-11(13(15)18(4)17-12)14(20)19-6-5-10(8-19)7-16-3/h9-10,16H,5-8H2,1-4H3/t10-/m1/s1. The molecule has 1 N–H and O–H groups in total. The number of aryl methyl sites for hydroxylation is 1. The van der Waals surface area contributed by atoms with Crippen LogP contribution in [0, 0.1) is 5.92 Å². The highest BCUT2D eigenvalue weighted by Gasteiger charge is 2.31. The van der Waals surface area contributed by atoms with E-state index in [9.17, 15) is 4.79 Å². The van der Waals surface area contributed by atoms with Gasteiger partial charge in [-0.05, 0) is 31.8 Å². The molecule has 1 aliphatic rings. The second-order valence-electron chi connectivity index (χ2n) is 5.79. The summed E-state index contributed by atoms with van der Waals surface area (Å²) in [5.41, 5.74) is 1.37. The molecular formula is C14H23ClN4O. The second-order valence-corrected chi connectivity index (χ2v) is 6.15. The van der Waals surface area contributed by atoms with Crippen molar-refractivity contribution in [3.05, 3.63) is 16.4 Å². The highest BCUT2D eigenvalue weighted by molar-refractivity contribution is 6.33. The van der Waals surface area contributed by atoms with Crippen molar-refractivity contribution in [3.8, 4) is 0 Å². The van der Waals surface area contributed by atoms with Crippen LogP contribution in [0.1, 0.15) is 42.2 Å². The van der Waals surface area contributed by atoms with Gasteiger partial charge in [-0.15, -0.1) is 0 Å². The summed E-state index contributed by atoms with van der Waals surface area (Å²) in [5.74, 6) is 0.732. The number of nitrogens with zero attached hydrogens (tertiary/aromatic N) is 3. The molecule has 2 rings (SSSR count). The Morgan fingerprint density at radius 1 is 1.55 bits per heavy atom. The van der Waals surface area contributed by atoms with Crippen LogP contribution in [0.5, 0.6) is 0 Å². The quantitative estimate of drug-likeness (QED) is 0.923. The normalized spacial score (nSPS) is 19.1. The van der Waals surface area contributed by atoms with Gasteiger partial charge in [-0.3, -0.25) is 9.48 Å². The van der Waals surface area contributed by atoms with Crippen LogP contribution in [0.4, 0.5) is 0 Å². The SMILES string of the molecule is CNC[C@H]1CCN(C(=O)c2c(C(C)C)nn(C)c2Cl)C1. The Morgan fingerprint density at radius 3 is 2.85 bits per heavy atom. The first-order valence-corrected chi connectivity index (χ1v) is 7.49. The number of nitrogens with one attached hydrogen (secondary N) is 1. The van der Waals surface area contributed by atoms with Crippen LogP contribution in [-0.4, -0.2) is 47.3 Å². The molecule has 20 heavy (non-hydrogen) atoms. The van der Waals surface area contributed by atoms with Crippen LogP contribution in [0.3, 0.4) is 0 Å². The van der Waals surface area contributed by atoms with Crippen molar-refractivity contribution < 1.29 is 4.79 Å². The molecule has 0 radical (unpaired) electrons. The first-order valence-electron chi connectivity index (χ1n) is 7.12. The Kier molecular flexibility index (Phi) is 4.70. The van der Waals surface area contributed by atoms with Gasteiger partial charge in [0.05, 0.1) is 11.3 Å². The number of carbonyl (C=O) groups excluding carboxylic acids is 1. The number of likely N-dealkylation sites (tertiary alicyclic amines) is 1. The lowest BCUT2D eigenvalue weighted by Crippen LogP contribution is -2.31. The van der Waals surface area contributed by atoms with E-state index in [0.717, 1.165) is 31.7 Å². The molecule has 0 bridgehead atoms. The third kappa shape index (κ3) is 2.83. The molecule has 1 aromatic heterocycles. The van der Waals surface area contributed by atoms with E-state index in [0.29, 0.717) is 16.6 Å². The summed E-state index contributed by atoms with van der Waals surface area (Å²) >= 11 is 6.27. The number of rotatable bonds is 4. The van der Waals surface area contributed by atoms with Crippen molar-refractivity contribution in [2.75, 3.05) is 26.7 Å². The lowest BCUT2D eigenvalue weighted by molar-refractivity contribution is 0.0786. The summed E-state index contributed by atoms with van der Waals surface area (Å²) in [6.45, 7) is 6.60. The van der Waals surface area contributed by atoms with E-state index in [1.54, 1.807) is 11.7 Å². The predicted octanol–water partition coefficient (Wildman–Crippen LogP) is 1.88. The van der Waals surface area contributed by atoms with E-state index < -0.39 is 0 Å². The molecule has 0 unspecified atom stereocenters. The molecule has 1 fully saturated rings. The van der Waals surface area contributed by atoms with Crippen molar-refractivity contribution in [1.29, 1.82) is 0 Å². The Balaban J connectivity index is 2.22. The molecular weight excluding hydrogens is 276 g/mol. The smallest absolute Gasteiger partial charge is 0.258 e. The average Bonchev–Trinajstić information content (AvgIpc) is 2.96. The van der Waals surface area contributed by atoms with Gasteiger partial charge in [0, 0.05) is 20.1 Å². The summed E-state index contributed by atoms with van der Waals surface area (Å²) in [7, 11) is 3.72. The van der Waals surface area contributed by atoms with Crippen molar-refractivity contribution in [3.63, 3.8) is 0 Å². The topological polar surface area (TPSA) is 50.2 Å². The van der Waals surface area contributed by atoms with Crippen molar-refractivity contribution in [1.82, 2.24) is 20.0 Å². The fraction of sp³-hybridized carbons (Fsp3) is 0.714. The zero-order chi connectivity index (χ0) is 14.9. The Hall–Kier alpha value is -1.07. The van der Waals surface area contributed by atoms with Gasteiger partial charge in [0.1, 0.15) is 5.15 Å². The summed E-state index contributed by atoms with van der Waals surface area (Å²) in [4.78, 5) is 14.6. The summed E-state index contributed by atoms with van der Waals surface area (Å²) in [6, 6.07) is 0. The number of amides is 1. The van der Waals surface area contributed by atoms with Gasteiger partial charge in [0.2, 0.25) is 0 Å². The molecule has 0 aliphatic carbocycles. The van der Waals surface area contributed by atoms with Gasteiger partial charge >= 0.3 is 0 Å². The lowest BCUT2D eigenvalue weighted by Gasteiger charge is -2.17. The summed E-state index contributed by atoms with van der Waals surface area (Å²) in [6.07, 6.45) is 1.04. The molecule has 1 saturated heterocycles. The van der Waals surface area contributed by atoms with Gasteiger partial charge < -0.3 is 10.2 Å². The molecule has 0 aromatic carbocycles. The molecule has 1 aliphatic heterocycles. The first-order chi connectivity index (χ1) is 9.45. The lowest BCUT2D eigenvalue weighted by atomic mass is 10.1. The number of hydrogen-bond donors (Lipinski definition) is 1. The maximum absolute atomic E-state index is 12.7. The minimum Gasteiger partial charge on any atom is -0.338 e. The highest BCUT2D eigenvalue weighted by Crippen LogP contribution is 2.28. The van der Waals surface area contributed by atoms with E-state index >= 15 is 0 Å². The van der Waals surface area contributed by atoms with Crippen molar-refractivity contribution in [2.45, 2.75) is 26.2 Å². The van der Waals surface area contributed by atoms with Gasteiger partial charge in [-0.1, -0.05) is 25.4 Å². The van der Waals surface area contributed by atoms with Crippen LogP contribution in [0.2, 0.25) is 5.15 Å². The zero-order valence-corrected chi connectivity index (χ0v) is 13.4. The minimum atomic E-state index is 0.0189. The minimum absolute atomic E-state index is 0.0189. The Labute approximate surface area is 125 Å². The molecule has 0 spiro atoms. The third-order valence-electron chi connectivity index (χ3n) is 3.83. The molecule has 1 atom stereocenters. The molecule has 0 saturated carbocycles. The largest absolute Gasteiger partial charge is 0.338 e. The van der Waals surface area contributed by atoms with Gasteiger partial charge in [-0.25, -0.2) is 0 Å². The molecule has 2 heterocycles. The van der Waals surface area contributed by atoms with Crippen LogP contribution >= 0.6 is 11.6 Å². The molecule has 1 aromatic rings. The van der Waals surface area contributed by atoms with Crippen LogP contribution < -0.4 is 5.32 Å². The number of halogens is 1. The average molecular weight is 299 g/mol. The van der Waals surface area contributed by atoms with Crippen LogP contribution in [-0.2, 0) is 7.05 Å². The zero-order valence-electron chi connectivity index (χ0n) is 12.6.